The second-order valence-electron chi connectivity index (χ2n) is 6.91. The highest BCUT2D eigenvalue weighted by atomic mass is 32.1. The van der Waals surface area contributed by atoms with E-state index in [-0.39, 0.29) is 11.2 Å². The first kappa shape index (κ1) is 19.3. The number of methoxy groups -OCH3 is 1. The standard InChI is InChI=1S/C23H18N2O5S/c1-3-29-16-9-8-13(12-17(16)28-2)19-18-20(26)14-6-4-5-7-15(14)30-21(18)22(27)25(19)23-24-10-11-31-23/h4-12,19H,3H2,1-2H3/t19-/m0/s1. The van der Waals surface area contributed by atoms with Gasteiger partial charge < -0.3 is 13.9 Å². The van der Waals surface area contributed by atoms with Gasteiger partial charge in [-0.1, -0.05) is 18.2 Å². The summed E-state index contributed by atoms with van der Waals surface area (Å²) in [7, 11) is 1.55. The number of hydrogen-bond donors (Lipinski definition) is 0. The number of hydrogen-bond acceptors (Lipinski definition) is 7. The zero-order chi connectivity index (χ0) is 21.5. The molecule has 0 aliphatic carbocycles. The summed E-state index contributed by atoms with van der Waals surface area (Å²) in [5, 5.41) is 2.70. The average Bonchev–Trinajstić information content (AvgIpc) is 3.41. The summed E-state index contributed by atoms with van der Waals surface area (Å²) in [6, 6.07) is 11.6. The van der Waals surface area contributed by atoms with Crippen molar-refractivity contribution < 1.29 is 18.7 Å². The number of anilines is 1. The zero-order valence-electron chi connectivity index (χ0n) is 16.8. The van der Waals surface area contributed by atoms with E-state index in [0.29, 0.717) is 45.3 Å². The van der Waals surface area contributed by atoms with E-state index in [4.69, 9.17) is 13.9 Å². The molecule has 4 aromatic rings. The van der Waals surface area contributed by atoms with Crippen molar-refractivity contribution in [2.75, 3.05) is 18.6 Å². The molecular weight excluding hydrogens is 416 g/mol. The highest BCUT2D eigenvalue weighted by Crippen LogP contribution is 2.43. The Balaban J connectivity index is 1.77. The monoisotopic (exact) mass is 434 g/mol. The number of thiazole rings is 1. The van der Waals surface area contributed by atoms with Crippen LogP contribution in [0.4, 0.5) is 5.13 Å². The molecule has 0 saturated carbocycles. The average molecular weight is 434 g/mol. The van der Waals surface area contributed by atoms with Crippen LogP contribution in [0.15, 0.2) is 63.3 Å². The lowest BCUT2D eigenvalue weighted by Gasteiger charge is -2.23. The first-order valence-electron chi connectivity index (χ1n) is 9.73. The lowest BCUT2D eigenvalue weighted by molar-refractivity contribution is 0.0971. The van der Waals surface area contributed by atoms with E-state index in [1.165, 1.54) is 16.2 Å². The Bertz CT molecular complexity index is 1350. The van der Waals surface area contributed by atoms with Gasteiger partial charge in [0.25, 0.3) is 5.91 Å². The predicted molar refractivity (Wildman–Crippen MR) is 117 cm³/mol. The Morgan fingerprint density at radius 3 is 2.74 bits per heavy atom. The maximum atomic E-state index is 13.5. The summed E-state index contributed by atoms with van der Waals surface area (Å²) in [6.45, 7) is 2.38. The molecule has 0 unspecified atom stereocenters. The van der Waals surface area contributed by atoms with Gasteiger partial charge in [0.2, 0.25) is 5.76 Å². The van der Waals surface area contributed by atoms with E-state index in [1.807, 2.05) is 13.0 Å². The van der Waals surface area contributed by atoms with Crippen molar-refractivity contribution in [1.29, 1.82) is 0 Å². The first-order valence-corrected chi connectivity index (χ1v) is 10.6. The number of benzene rings is 2. The normalized spacial score (nSPS) is 15.4. The van der Waals surface area contributed by atoms with E-state index in [1.54, 1.807) is 55.1 Å². The van der Waals surface area contributed by atoms with Crippen LogP contribution in [-0.2, 0) is 0 Å². The van der Waals surface area contributed by atoms with Crippen LogP contribution in [0.2, 0.25) is 0 Å². The molecular formula is C23H18N2O5S. The molecule has 3 heterocycles. The van der Waals surface area contributed by atoms with Crippen molar-refractivity contribution in [3.05, 3.63) is 81.2 Å². The molecule has 0 N–H and O–H groups in total. The summed E-state index contributed by atoms with van der Waals surface area (Å²) in [6.07, 6.45) is 1.62. The Labute approximate surface area is 181 Å². The van der Waals surface area contributed by atoms with Crippen LogP contribution >= 0.6 is 11.3 Å². The number of aromatic nitrogens is 1. The fourth-order valence-electron chi connectivity index (χ4n) is 3.90. The van der Waals surface area contributed by atoms with E-state index in [2.05, 4.69) is 4.98 Å². The van der Waals surface area contributed by atoms with Gasteiger partial charge in [0.05, 0.1) is 30.7 Å². The van der Waals surface area contributed by atoms with Crippen molar-refractivity contribution in [2.24, 2.45) is 0 Å². The van der Waals surface area contributed by atoms with Crippen LogP contribution in [0.1, 0.15) is 34.6 Å². The van der Waals surface area contributed by atoms with Crippen molar-refractivity contribution in [3.63, 3.8) is 0 Å². The fraction of sp³-hybridized carbons (Fsp3) is 0.174. The number of carbonyl (C=O) groups excluding carboxylic acids is 1. The van der Waals surface area contributed by atoms with Gasteiger partial charge in [-0.3, -0.25) is 14.5 Å². The highest BCUT2D eigenvalue weighted by Gasteiger charge is 2.44. The molecule has 1 aliphatic rings. The summed E-state index contributed by atoms with van der Waals surface area (Å²) < 4.78 is 17.0. The molecule has 0 fully saturated rings. The van der Waals surface area contributed by atoms with Crippen LogP contribution in [0.5, 0.6) is 11.5 Å². The largest absolute Gasteiger partial charge is 0.493 e. The quantitative estimate of drug-likeness (QED) is 0.463. The van der Waals surface area contributed by atoms with Gasteiger partial charge in [0.1, 0.15) is 5.58 Å². The lowest BCUT2D eigenvalue weighted by atomic mass is 9.98. The molecule has 2 aromatic carbocycles. The van der Waals surface area contributed by atoms with E-state index in [0.717, 1.165) is 0 Å². The van der Waals surface area contributed by atoms with Gasteiger partial charge in [0, 0.05) is 11.6 Å². The SMILES string of the molecule is CCOc1ccc([C@H]2c3c(oc4ccccc4c3=O)C(=O)N2c2nccs2)cc1OC. The molecule has 1 aliphatic heterocycles. The molecule has 7 nitrogen and oxygen atoms in total. The van der Waals surface area contributed by atoms with Crippen LogP contribution in [0.25, 0.3) is 11.0 Å². The van der Waals surface area contributed by atoms with E-state index >= 15 is 0 Å². The summed E-state index contributed by atoms with van der Waals surface area (Å²) in [4.78, 5) is 32.7. The molecule has 2 aromatic heterocycles. The number of carbonyl (C=O) groups is 1. The van der Waals surface area contributed by atoms with Crippen LogP contribution in [0, 0.1) is 0 Å². The van der Waals surface area contributed by atoms with Crippen molar-refractivity contribution >= 4 is 33.3 Å². The number of ether oxygens (including phenoxy) is 2. The molecule has 0 spiro atoms. The van der Waals surface area contributed by atoms with Crippen LogP contribution in [-0.4, -0.2) is 24.6 Å². The third-order valence-corrected chi connectivity index (χ3v) is 5.98. The predicted octanol–water partition coefficient (Wildman–Crippen LogP) is 4.41. The maximum Gasteiger partial charge on any atom is 0.297 e. The highest BCUT2D eigenvalue weighted by molar-refractivity contribution is 7.13. The second kappa shape index (κ2) is 7.55. The summed E-state index contributed by atoms with van der Waals surface area (Å²) in [5.41, 5.74) is 1.14. The third kappa shape index (κ3) is 2.98. The molecule has 1 amide bonds. The first-order chi connectivity index (χ1) is 15.1. The number of nitrogens with zero attached hydrogens (tertiary/aromatic N) is 2. The van der Waals surface area contributed by atoms with Crippen molar-refractivity contribution in [2.45, 2.75) is 13.0 Å². The van der Waals surface area contributed by atoms with Gasteiger partial charge in [-0.15, -0.1) is 11.3 Å². The molecule has 156 valence electrons. The number of amides is 1. The Morgan fingerprint density at radius 2 is 2.00 bits per heavy atom. The third-order valence-electron chi connectivity index (χ3n) is 5.21. The smallest absolute Gasteiger partial charge is 0.297 e. The minimum Gasteiger partial charge on any atom is -0.493 e. The molecule has 5 rings (SSSR count). The number of rotatable bonds is 5. The molecule has 31 heavy (non-hydrogen) atoms. The lowest BCUT2D eigenvalue weighted by Crippen LogP contribution is -2.29. The van der Waals surface area contributed by atoms with Crippen molar-refractivity contribution in [1.82, 2.24) is 4.98 Å². The number of para-hydroxylation sites is 1. The van der Waals surface area contributed by atoms with E-state index < -0.39 is 11.9 Å². The van der Waals surface area contributed by atoms with Gasteiger partial charge in [-0.2, -0.15) is 0 Å². The Hall–Kier alpha value is -3.65. The zero-order valence-corrected chi connectivity index (χ0v) is 17.6. The second-order valence-corrected chi connectivity index (χ2v) is 7.78. The minimum atomic E-state index is -0.695. The summed E-state index contributed by atoms with van der Waals surface area (Å²) in [5.74, 6) is 0.747. The number of fused-ring (bicyclic) bond motifs is 2. The minimum absolute atomic E-state index is 0.0387. The molecule has 0 radical (unpaired) electrons. The van der Waals surface area contributed by atoms with E-state index in [9.17, 15) is 9.59 Å². The molecule has 8 heteroatoms. The Morgan fingerprint density at radius 1 is 1.16 bits per heavy atom. The van der Waals surface area contributed by atoms with Gasteiger partial charge in [0.15, 0.2) is 22.1 Å². The van der Waals surface area contributed by atoms with Gasteiger partial charge in [-0.05, 0) is 36.8 Å². The summed E-state index contributed by atoms with van der Waals surface area (Å²) >= 11 is 1.32. The van der Waals surface area contributed by atoms with Gasteiger partial charge in [-0.25, -0.2) is 4.98 Å². The Kier molecular flexibility index (Phi) is 4.71. The molecule has 0 bridgehead atoms. The van der Waals surface area contributed by atoms with Crippen LogP contribution in [0.3, 0.4) is 0 Å². The fourth-order valence-corrected chi connectivity index (χ4v) is 4.56. The van der Waals surface area contributed by atoms with Gasteiger partial charge >= 0.3 is 0 Å². The molecule has 0 saturated heterocycles. The molecule has 1 atom stereocenters. The topological polar surface area (TPSA) is 81.9 Å². The van der Waals surface area contributed by atoms with Crippen molar-refractivity contribution in [3.8, 4) is 11.5 Å². The maximum absolute atomic E-state index is 13.5. The van der Waals surface area contributed by atoms with Crippen LogP contribution < -0.4 is 19.8 Å².